The van der Waals surface area contributed by atoms with Crippen LogP contribution in [0.2, 0.25) is 0 Å². The van der Waals surface area contributed by atoms with Crippen LogP contribution in [0.15, 0.2) is 42.5 Å². The minimum absolute atomic E-state index is 0.0965. The van der Waals surface area contributed by atoms with Crippen LogP contribution >= 0.6 is 11.3 Å². The summed E-state index contributed by atoms with van der Waals surface area (Å²) in [6, 6.07) is 14.2. The lowest BCUT2D eigenvalue weighted by Gasteiger charge is -2.25. The molecule has 26 heavy (non-hydrogen) atoms. The zero-order chi connectivity index (χ0) is 18.1. The number of likely N-dealkylation sites (N-methyl/N-ethyl adjacent to an activating group) is 1. The molecule has 0 saturated heterocycles. The summed E-state index contributed by atoms with van der Waals surface area (Å²) < 4.78 is 6.62. The molecule has 1 aliphatic heterocycles. The van der Waals surface area contributed by atoms with Crippen molar-refractivity contribution < 1.29 is 9.53 Å². The Hall–Kier alpha value is -2.44. The van der Waals surface area contributed by atoms with Crippen LogP contribution in [-0.2, 0) is 6.42 Å². The van der Waals surface area contributed by atoms with Crippen molar-refractivity contribution in [2.75, 3.05) is 27.2 Å². The van der Waals surface area contributed by atoms with Gasteiger partial charge in [-0.2, -0.15) is 0 Å². The van der Waals surface area contributed by atoms with Gasteiger partial charge in [0.25, 0.3) is 5.91 Å². The topological polar surface area (TPSA) is 54.5 Å². The molecule has 6 heteroatoms. The number of rotatable bonds is 5. The summed E-state index contributed by atoms with van der Waals surface area (Å²) in [7, 11) is 4.05. The highest BCUT2D eigenvalue weighted by molar-refractivity contribution is 7.20. The average Bonchev–Trinajstić information content (AvgIpc) is 3.27. The van der Waals surface area contributed by atoms with Gasteiger partial charge in [0.1, 0.15) is 5.75 Å². The van der Waals surface area contributed by atoms with E-state index in [0.717, 1.165) is 29.0 Å². The van der Waals surface area contributed by atoms with Crippen LogP contribution in [0, 0.1) is 0 Å². The number of hydrogen-bond acceptors (Lipinski definition) is 5. The lowest BCUT2D eigenvalue weighted by molar-refractivity contribution is 0.0941. The Balaban J connectivity index is 1.49. The number of thiazole rings is 1. The fourth-order valence-electron chi connectivity index (χ4n) is 3.25. The number of aromatic nitrogens is 1. The first kappa shape index (κ1) is 17.0. The molecule has 0 saturated carbocycles. The summed E-state index contributed by atoms with van der Waals surface area (Å²) in [6.07, 6.45) is 0.946. The second kappa shape index (κ2) is 7.05. The fourth-order valence-corrected chi connectivity index (χ4v) is 4.13. The minimum atomic E-state index is -0.123. The molecule has 0 spiro atoms. The molecule has 4 rings (SSSR count). The summed E-state index contributed by atoms with van der Waals surface area (Å²) in [5.41, 5.74) is 3.29. The maximum absolute atomic E-state index is 12.6. The van der Waals surface area contributed by atoms with E-state index in [1.165, 1.54) is 22.5 Å². The molecule has 1 amide bonds. The number of benzene rings is 2. The maximum atomic E-state index is 12.6. The smallest absolute Gasteiger partial charge is 0.280 e. The molecule has 134 valence electrons. The number of nitrogens with one attached hydrogen (secondary N) is 1. The van der Waals surface area contributed by atoms with E-state index in [4.69, 9.17) is 4.74 Å². The quantitative estimate of drug-likeness (QED) is 0.752. The first-order valence-electron chi connectivity index (χ1n) is 8.67. The number of fused-ring (bicyclic) bond motifs is 2. The molecule has 1 aromatic heterocycles. The highest BCUT2D eigenvalue weighted by atomic mass is 32.1. The molecular formula is C20H21N3O2S. The number of hydrogen-bond donors (Lipinski definition) is 1. The van der Waals surface area contributed by atoms with Crippen molar-refractivity contribution in [1.29, 1.82) is 0 Å². The average molecular weight is 367 g/mol. The third kappa shape index (κ3) is 3.30. The minimum Gasteiger partial charge on any atom is -0.493 e. The van der Waals surface area contributed by atoms with Gasteiger partial charge < -0.3 is 15.0 Å². The van der Waals surface area contributed by atoms with Gasteiger partial charge in [-0.15, -0.1) is 11.3 Å². The molecule has 5 nitrogen and oxygen atoms in total. The van der Waals surface area contributed by atoms with Gasteiger partial charge in [-0.1, -0.05) is 24.3 Å². The van der Waals surface area contributed by atoms with Crippen LogP contribution in [0.4, 0.5) is 0 Å². The van der Waals surface area contributed by atoms with Gasteiger partial charge in [0.2, 0.25) is 0 Å². The van der Waals surface area contributed by atoms with E-state index >= 15 is 0 Å². The Morgan fingerprint density at radius 1 is 1.31 bits per heavy atom. The van der Waals surface area contributed by atoms with E-state index < -0.39 is 0 Å². The van der Waals surface area contributed by atoms with Crippen LogP contribution in [0.1, 0.15) is 27.0 Å². The third-order valence-corrected chi connectivity index (χ3v) is 5.70. The highest BCUT2D eigenvalue weighted by Gasteiger charge is 2.20. The highest BCUT2D eigenvalue weighted by Crippen LogP contribution is 2.29. The molecule has 0 bridgehead atoms. The molecule has 0 fully saturated rings. The largest absolute Gasteiger partial charge is 0.493 e. The van der Waals surface area contributed by atoms with E-state index in [0.29, 0.717) is 11.6 Å². The molecular weight excluding hydrogens is 346 g/mol. The van der Waals surface area contributed by atoms with Gasteiger partial charge in [-0.3, -0.25) is 4.79 Å². The predicted molar refractivity (Wildman–Crippen MR) is 104 cm³/mol. The van der Waals surface area contributed by atoms with Gasteiger partial charge in [-0.05, 0) is 43.4 Å². The molecule has 3 aromatic rings. The first-order chi connectivity index (χ1) is 12.6. The number of para-hydroxylation sites is 1. The van der Waals surface area contributed by atoms with Gasteiger partial charge >= 0.3 is 0 Å². The number of carbonyl (C=O) groups excluding carboxylic acids is 1. The van der Waals surface area contributed by atoms with Gasteiger partial charge in [0.15, 0.2) is 5.01 Å². The number of ether oxygens (including phenoxy) is 1. The van der Waals surface area contributed by atoms with E-state index in [1.807, 2.05) is 44.4 Å². The number of nitrogens with zero attached hydrogens (tertiary/aromatic N) is 2. The van der Waals surface area contributed by atoms with Gasteiger partial charge in [-0.25, -0.2) is 4.98 Å². The van der Waals surface area contributed by atoms with Crippen molar-refractivity contribution in [2.24, 2.45) is 0 Å². The normalized spacial score (nSPS) is 14.3. The zero-order valence-electron chi connectivity index (χ0n) is 14.9. The SMILES string of the molecule is CN(C)C(CNC(=O)c1nc2ccccc2s1)c1ccc2c(c1)CCO2. The predicted octanol–water partition coefficient (Wildman–Crippen LogP) is 3.26. The lowest BCUT2D eigenvalue weighted by atomic mass is 10.0. The van der Waals surface area contributed by atoms with Crippen molar-refractivity contribution in [3.63, 3.8) is 0 Å². The Kier molecular flexibility index (Phi) is 4.61. The molecule has 0 radical (unpaired) electrons. The lowest BCUT2D eigenvalue weighted by Crippen LogP contribution is -2.34. The second-order valence-electron chi connectivity index (χ2n) is 6.64. The molecule has 1 unspecified atom stereocenters. The van der Waals surface area contributed by atoms with Crippen molar-refractivity contribution >= 4 is 27.5 Å². The Morgan fingerprint density at radius 2 is 2.15 bits per heavy atom. The Bertz CT molecular complexity index is 918. The third-order valence-electron chi connectivity index (χ3n) is 4.67. The van der Waals surface area contributed by atoms with E-state index in [2.05, 4.69) is 27.3 Å². The van der Waals surface area contributed by atoms with Crippen LogP contribution in [0.3, 0.4) is 0 Å². The van der Waals surface area contributed by atoms with Crippen LogP contribution in [-0.4, -0.2) is 43.0 Å². The molecule has 2 heterocycles. The molecule has 1 atom stereocenters. The second-order valence-corrected chi connectivity index (χ2v) is 7.67. The Labute approximate surface area is 156 Å². The number of amides is 1. The van der Waals surface area contributed by atoms with Crippen LogP contribution < -0.4 is 10.1 Å². The maximum Gasteiger partial charge on any atom is 0.280 e. The van der Waals surface area contributed by atoms with Gasteiger partial charge in [0.05, 0.1) is 22.9 Å². The Morgan fingerprint density at radius 3 is 2.96 bits per heavy atom. The van der Waals surface area contributed by atoms with E-state index in [9.17, 15) is 4.79 Å². The standard InChI is InChI=1S/C20H21N3O2S/c1-23(2)16(13-7-8-17-14(11-13)9-10-25-17)12-21-19(24)20-22-15-5-3-4-6-18(15)26-20/h3-8,11,16H,9-10,12H2,1-2H3,(H,21,24). The summed E-state index contributed by atoms with van der Waals surface area (Å²) in [6.45, 7) is 1.28. The van der Waals surface area contributed by atoms with E-state index in [-0.39, 0.29) is 11.9 Å². The fraction of sp³-hybridized carbons (Fsp3) is 0.300. The molecule has 0 aliphatic carbocycles. The summed E-state index contributed by atoms with van der Waals surface area (Å²) in [5, 5.41) is 3.55. The molecule has 2 aromatic carbocycles. The summed E-state index contributed by atoms with van der Waals surface area (Å²) in [5.74, 6) is 0.854. The zero-order valence-corrected chi connectivity index (χ0v) is 15.7. The molecule has 1 N–H and O–H groups in total. The van der Waals surface area contributed by atoms with Gasteiger partial charge in [0, 0.05) is 13.0 Å². The van der Waals surface area contributed by atoms with Crippen molar-refractivity contribution in [1.82, 2.24) is 15.2 Å². The monoisotopic (exact) mass is 367 g/mol. The van der Waals surface area contributed by atoms with Crippen LogP contribution in [0.25, 0.3) is 10.2 Å². The summed E-state index contributed by atoms with van der Waals surface area (Å²) >= 11 is 1.42. The number of carbonyl (C=O) groups is 1. The van der Waals surface area contributed by atoms with E-state index in [1.54, 1.807) is 0 Å². The molecule has 1 aliphatic rings. The summed E-state index contributed by atoms with van der Waals surface area (Å²) in [4.78, 5) is 19.1. The first-order valence-corrected chi connectivity index (χ1v) is 9.49. The van der Waals surface area contributed by atoms with Crippen molar-refractivity contribution in [2.45, 2.75) is 12.5 Å². The van der Waals surface area contributed by atoms with Crippen molar-refractivity contribution in [3.8, 4) is 5.75 Å². The van der Waals surface area contributed by atoms with Crippen molar-refractivity contribution in [3.05, 3.63) is 58.6 Å². The van der Waals surface area contributed by atoms with Crippen LogP contribution in [0.5, 0.6) is 5.75 Å².